The Bertz CT molecular complexity index is 900. The van der Waals surface area contributed by atoms with Gasteiger partial charge in [-0.2, -0.15) is 0 Å². The Hall–Kier alpha value is 1.80. The first kappa shape index (κ1) is 31.0. The molecule has 0 heterocycles. The summed E-state index contributed by atoms with van der Waals surface area (Å²) in [5.41, 5.74) is 0.776. The first-order chi connectivity index (χ1) is 15.5. The third-order valence-electron chi connectivity index (χ3n) is 4.89. The molecule has 0 aliphatic rings. The summed E-state index contributed by atoms with van der Waals surface area (Å²) in [5, 5.41) is 21.9. The van der Waals surface area contributed by atoms with Crippen molar-refractivity contribution in [2.24, 2.45) is 0 Å². The number of rotatable bonds is 11. The van der Waals surface area contributed by atoms with Crippen LogP contribution in [0.3, 0.4) is 0 Å². The Balaban J connectivity index is 2.77. The van der Waals surface area contributed by atoms with Crippen molar-refractivity contribution in [1.82, 2.24) is 0 Å². The van der Waals surface area contributed by atoms with Gasteiger partial charge in [-0.15, -0.1) is 0 Å². The zero-order valence-corrected chi connectivity index (χ0v) is 29.8. The van der Waals surface area contributed by atoms with Crippen molar-refractivity contribution in [1.29, 1.82) is 0 Å². The largest absolute Gasteiger partial charge is 0.508 e. The molecule has 0 amide bonds. The van der Waals surface area contributed by atoms with Crippen LogP contribution in [0.1, 0.15) is 18.1 Å². The highest BCUT2D eigenvalue weighted by Gasteiger charge is 2.44. The first-order valence-electron chi connectivity index (χ1n) is 9.47. The standard InChI is InChI=1S/C21H20Br8O4/c1-21(10-2-4-13(30)5-3-10,14-15(26)17(28)19(31)18(29)16(14)27)20(32-8-11(24)6-22)33-9-12(25)7-23/h2-5,11-12,20,30-31H,6-9H2,1H3. The normalized spacial score (nSPS) is 16.3. The number of hydrogen-bond donors (Lipinski definition) is 2. The van der Waals surface area contributed by atoms with E-state index in [1.54, 1.807) is 12.1 Å². The fourth-order valence-electron chi connectivity index (χ4n) is 3.14. The smallest absolute Gasteiger partial charge is 0.171 e. The maximum atomic E-state index is 10.5. The average Bonchev–Trinajstić information content (AvgIpc) is 2.81. The van der Waals surface area contributed by atoms with Crippen molar-refractivity contribution >= 4 is 127 Å². The van der Waals surface area contributed by atoms with Crippen molar-refractivity contribution in [3.8, 4) is 11.5 Å². The van der Waals surface area contributed by atoms with Crippen LogP contribution in [0, 0.1) is 0 Å². The second kappa shape index (κ2) is 14.1. The second-order valence-electron chi connectivity index (χ2n) is 7.23. The molecule has 2 aromatic rings. The number of phenolic OH excluding ortho intramolecular Hbond substituents is 2. The topological polar surface area (TPSA) is 58.9 Å². The lowest BCUT2D eigenvalue weighted by atomic mass is 9.75. The van der Waals surface area contributed by atoms with E-state index in [0.29, 0.717) is 41.8 Å². The molecule has 33 heavy (non-hydrogen) atoms. The summed E-state index contributed by atoms with van der Waals surface area (Å²) in [6.45, 7) is 2.79. The second-order valence-corrected chi connectivity index (χ2v) is 14.3. The number of phenols is 2. The summed E-state index contributed by atoms with van der Waals surface area (Å²) in [4.78, 5) is 0.155. The van der Waals surface area contributed by atoms with Crippen molar-refractivity contribution in [2.45, 2.75) is 28.3 Å². The number of benzene rings is 2. The summed E-state index contributed by atoms with van der Waals surface area (Å²) < 4.78 is 15.0. The lowest BCUT2D eigenvalue weighted by Gasteiger charge is -2.40. The van der Waals surface area contributed by atoms with Crippen LogP contribution in [0.15, 0.2) is 42.2 Å². The van der Waals surface area contributed by atoms with E-state index >= 15 is 0 Å². The molecule has 0 saturated heterocycles. The van der Waals surface area contributed by atoms with E-state index < -0.39 is 11.7 Å². The van der Waals surface area contributed by atoms with Gasteiger partial charge >= 0.3 is 0 Å². The maximum absolute atomic E-state index is 10.5. The lowest BCUT2D eigenvalue weighted by Crippen LogP contribution is -2.44. The highest BCUT2D eigenvalue weighted by atomic mass is 79.9. The Labute approximate surface area is 261 Å². The van der Waals surface area contributed by atoms with Gasteiger partial charge < -0.3 is 19.7 Å². The molecule has 0 aliphatic carbocycles. The summed E-state index contributed by atoms with van der Waals surface area (Å²) in [6, 6.07) is 6.95. The van der Waals surface area contributed by atoms with E-state index in [-0.39, 0.29) is 21.2 Å². The monoisotopic (exact) mass is 967 g/mol. The molecule has 0 bridgehead atoms. The van der Waals surface area contributed by atoms with Crippen LogP contribution in [0.4, 0.5) is 0 Å². The Morgan fingerprint density at radius 3 is 1.61 bits per heavy atom. The average molecular weight is 976 g/mol. The molecule has 0 aromatic heterocycles. The number of halogens is 8. The van der Waals surface area contributed by atoms with Gasteiger partial charge in [0, 0.05) is 29.3 Å². The molecule has 12 heteroatoms. The number of aromatic hydroxyl groups is 2. The molecule has 0 fully saturated rings. The number of ether oxygens (including phenoxy) is 2. The van der Waals surface area contributed by atoms with Crippen molar-refractivity contribution < 1.29 is 19.7 Å². The van der Waals surface area contributed by atoms with Crippen LogP contribution < -0.4 is 0 Å². The quantitative estimate of drug-likeness (QED) is 0.134. The number of hydrogen-bond acceptors (Lipinski definition) is 4. The van der Waals surface area contributed by atoms with Gasteiger partial charge in [0.1, 0.15) is 11.5 Å². The highest BCUT2D eigenvalue weighted by molar-refractivity contribution is 9.14. The third kappa shape index (κ3) is 7.44. The maximum Gasteiger partial charge on any atom is 0.171 e. The summed E-state index contributed by atoms with van der Waals surface area (Å²) >= 11 is 28.5. The van der Waals surface area contributed by atoms with Gasteiger partial charge in [0.25, 0.3) is 0 Å². The van der Waals surface area contributed by atoms with Crippen LogP contribution in [0.25, 0.3) is 0 Å². The Morgan fingerprint density at radius 2 is 1.21 bits per heavy atom. The number of alkyl halides is 4. The molecule has 0 spiro atoms. The van der Waals surface area contributed by atoms with E-state index in [9.17, 15) is 10.2 Å². The Morgan fingerprint density at radius 1 is 0.788 bits per heavy atom. The van der Waals surface area contributed by atoms with Crippen molar-refractivity contribution in [3.63, 3.8) is 0 Å². The predicted octanol–water partition coefficient (Wildman–Crippen LogP) is 9.13. The molecule has 184 valence electrons. The van der Waals surface area contributed by atoms with E-state index in [2.05, 4.69) is 127 Å². The van der Waals surface area contributed by atoms with Crippen LogP contribution in [-0.2, 0) is 14.9 Å². The molecule has 0 saturated carbocycles. The molecule has 2 rings (SSSR count). The van der Waals surface area contributed by atoms with Crippen LogP contribution in [-0.4, -0.2) is 50.0 Å². The van der Waals surface area contributed by atoms with Gasteiger partial charge in [-0.3, -0.25) is 0 Å². The zero-order valence-electron chi connectivity index (χ0n) is 17.1. The van der Waals surface area contributed by atoms with Crippen LogP contribution in [0.5, 0.6) is 11.5 Å². The minimum atomic E-state index is -0.873. The van der Waals surface area contributed by atoms with Gasteiger partial charge in [0.2, 0.25) is 0 Å². The highest BCUT2D eigenvalue weighted by Crippen LogP contribution is 2.53. The van der Waals surface area contributed by atoms with E-state index in [1.807, 2.05) is 19.1 Å². The third-order valence-corrected chi connectivity index (χ3v) is 13.6. The zero-order chi connectivity index (χ0) is 24.9. The van der Waals surface area contributed by atoms with E-state index in [1.165, 1.54) is 0 Å². The van der Waals surface area contributed by atoms with Gasteiger partial charge in [-0.25, -0.2) is 0 Å². The van der Waals surface area contributed by atoms with Gasteiger partial charge in [0.05, 0.1) is 27.6 Å². The van der Waals surface area contributed by atoms with Crippen molar-refractivity contribution in [3.05, 3.63) is 53.3 Å². The molecular weight excluding hydrogens is 955 g/mol. The molecule has 3 unspecified atom stereocenters. The fraction of sp³-hybridized carbons (Fsp3) is 0.429. The minimum Gasteiger partial charge on any atom is -0.508 e. The predicted molar refractivity (Wildman–Crippen MR) is 162 cm³/mol. The molecule has 4 nitrogen and oxygen atoms in total. The van der Waals surface area contributed by atoms with Gasteiger partial charge in [-0.1, -0.05) is 75.9 Å². The molecule has 0 radical (unpaired) electrons. The molecule has 3 atom stereocenters. The first-order valence-corrected chi connectivity index (χ1v) is 16.7. The lowest BCUT2D eigenvalue weighted by molar-refractivity contribution is -0.169. The molecule has 0 aliphatic heterocycles. The van der Waals surface area contributed by atoms with Crippen molar-refractivity contribution in [2.75, 3.05) is 23.9 Å². The minimum absolute atomic E-state index is 0.0589. The van der Waals surface area contributed by atoms with Gasteiger partial charge in [0.15, 0.2) is 6.29 Å². The van der Waals surface area contributed by atoms with Crippen LogP contribution in [0.2, 0.25) is 0 Å². The fourth-order valence-corrected chi connectivity index (χ4v) is 6.74. The Kier molecular flexibility index (Phi) is 13.2. The molecule has 2 N–H and O–H groups in total. The summed E-state index contributed by atoms with van der Waals surface area (Å²) in [6.07, 6.45) is -0.726. The molecule has 2 aromatic carbocycles. The SMILES string of the molecule is CC(c1ccc(O)cc1)(c1c(Br)c(Br)c(O)c(Br)c1Br)C(OCC(Br)CBr)OCC(Br)CBr. The van der Waals surface area contributed by atoms with E-state index in [4.69, 9.17) is 9.47 Å². The van der Waals surface area contributed by atoms with E-state index in [0.717, 1.165) is 11.1 Å². The summed E-state index contributed by atoms with van der Waals surface area (Å²) in [7, 11) is 0. The molecular formula is C21H20Br8O4. The van der Waals surface area contributed by atoms with Crippen LogP contribution >= 0.6 is 127 Å². The van der Waals surface area contributed by atoms with Gasteiger partial charge in [-0.05, 0) is 93.9 Å². The summed E-state index contributed by atoms with van der Waals surface area (Å²) in [5.74, 6) is 0.217.